The molecule has 3 rings (SSSR count). The SMILES string of the molecule is Oc1ccc(C2CNCCCc3cc(O)c(O)cc32)cc1O. The molecule has 0 saturated carbocycles. The Hall–Kier alpha value is -2.40. The summed E-state index contributed by atoms with van der Waals surface area (Å²) in [6.07, 6.45) is 1.75. The molecule has 1 unspecified atom stereocenters. The van der Waals surface area contributed by atoms with Crippen LogP contribution in [0.5, 0.6) is 23.0 Å². The van der Waals surface area contributed by atoms with Gasteiger partial charge in [0.2, 0.25) is 0 Å². The number of hydrogen-bond acceptors (Lipinski definition) is 5. The standard InChI is InChI=1S/C17H19NO4/c19-14-4-3-11(7-15(14)20)13-9-18-5-1-2-10-6-16(21)17(22)8-12(10)13/h3-4,6-8,13,18-22H,1-2,5,9H2. The van der Waals surface area contributed by atoms with Crippen LogP contribution in [0.25, 0.3) is 0 Å². The number of rotatable bonds is 1. The summed E-state index contributed by atoms with van der Waals surface area (Å²) in [5.41, 5.74) is 2.76. The Balaban J connectivity index is 2.11. The molecule has 116 valence electrons. The average Bonchev–Trinajstić information content (AvgIpc) is 2.47. The van der Waals surface area contributed by atoms with Crippen LogP contribution in [0.4, 0.5) is 0 Å². The number of hydrogen-bond donors (Lipinski definition) is 5. The molecule has 2 aromatic carbocycles. The van der Waals surface area contributed by atoms with Crippen LogP contribution in [0.1, 0.15) is 29.0 Å². The Labute approximate surface area is 128 Å². The van der Waals surface area contributed by atoms with Crippen molar-refractivity contribution in [3.63, 3.8) is 0 Å². The van der Waals surface area contributed by atoms with Crippen molar-refractivity contribution < 1.29 is 20.4 Å². The molecule has 0 spiro atoms. The third kappa shape index (κ3) is 2.67. The fourth-order valence-electron chi connectivity index (χ4n) is 2.99. The Morgan fingerprint density at radius 3 is 2.36 bits per heavy atom. The molecule has 0 amide bonds. The summed E-state index contributed by atoms with van der Waals surface area (Å²) in [5.74, 6) is -0.652. The van der Waals surface area contributed by atoms with Crippen molar-refractivity contribution in [2.24, 2.45) is 0 Å². The van der Waals surface area contributed by atoms with Gasteiger partial charge in [-0.15, -0.1) is 0 Å². The van der Waals surface area contributed by atoms with Crippen LogP contribution < -0.4 is 5.32 Å². The van der Waals surface area contributed by atoms with Crippen LogP contribution in [0.15, 0.2) is 30.3 Å². The zero-order valence-corrected chi connectivity index (χ0v) is 12.1. The third-order valence-corrected chi connectivity index (χ3v) is 4.16. The van der Waals surface area contributed by atoms with Crippen LogP contribution in [0, 0.1) is 0 Å². The predicted octanol–water partition coefficient (Wildman–Crippen LogP) is 2.18. The number of nitrogens with one attached hydrogen (secondary N) is 1. The van der Waals surface area contributed by atoms with E-state index in [2.05, 4.69) is 5.32 Å². The maximum atomic E-state index is 9.84. The summed E-state index contributed by atoms with van der Waals surface area (Å²) in [6.45, 7) is 1.52. The van der Waals surface area contributed by atoms with Crippen LogP contribution in [-0.2, 0) is 6.42 Å². The lowest BCUT2D eigenvalue weighted by molar-refractivity contribution is 0.400. The Morgan fingerprint density at radius 1 is 0.864 bits per heavy atom. The van der Waals surface area contributed by atoms with Gasteiger partial charge < -0.3 is 25.7 Å². The largest absolute Gasteiger partial charge is 0.504 e. The van der Waals surface area contributed by atoms with E-state index < -0.39 is 0 Å². The van der Waals surface area contributed by atoms with E-state index in [0.717, 1.165) is 36.1 Å². The fourth-order valence-corrected chi connectivity index (χ4v) is 2.99. The van der Waals surface area contributed by atoms with E-state index in [1.807, 2.05) is 0 Å². The molecule has 22 heavy (non-hydrogen) atoms. The van der Waals surface area contributed by atoms with Crippen LogP contribution in [-0.4, -0.2) is 33.5 Å². The second-order valence-electron chi connectivity index (χ2n) is 5.65. The zero-order chi connectivity index (χ0) is 15.7. The highest BCUT2D eigenvalue weighted by atomic mass is 16.3. The van der Waals surface area contributed by atoms with Crippen molar-refractivity contribution in [2.75, 3.05) is 13.1 Å². The number of phenols is 4. The Morgan fingerprint density at radius 2 is 1.59 bits per heavy atom. The first-order valence-electron chi connectivity index (χ1n) is 7.33. The van der Waals surface area contributed by atoms with Crippen LogP contribution in [0.2, 0.25) is 0 Å². The van der Waals surface area contributed by atoms with Gasteiger partial charge in [-0.25, -0.2) is 0 Å². The van der Waals surface area contributed by atoms with Gasteiger partial charge >= 0.3 is 0 Å². The van der Waals surface area contributed by atoms with Gasteiger partial charge in [0, 0.05) is 12.5 Å². The fraction of sp³-hybridized carbons (Fsp3) is 0.294. The summed E-state index contributed by atoms with van der Waals surface area (Å²) in [4.78, 5) is 0. The highest BCUT2D eigenvalue weighted by molar-refractivity contribution is 5.51. The first-order chi connectivity index (χ1) is 10.6. The number of aromatic hydroxyl groups is 4. The molecule has 0 aliphatic carbocycles. The Kier molecular flexibility index (Phi) is 3.81. The lowest BCUT2D eigenvalue weighted by atomic mass is 9.85. The summed E-state index contributed by atoms with van der Waals surface area (Å²) in [5, 5.41) is 42.2. The molecule has 0 bridgehead atoms. The summed E-state index contributed by atoms with van der Waals surface area (Å²) < 4.78 is 0. The van der Waals surface area contributed by atoms with Crippen molar-refractivity contribution in [2.45, 2.75) is 18.8 Å². The zero-order valence-electron chi connectivity index (χ0n) is 12.1. The quantitative estimate of drug-likeness (QED) is 0.521. The first-order valence-corrected chi connectivity index (χ1v) is 7.33. The molecule has 5 nitrogen and oxygen atoms in total. The highest BCUT2D eigenvalue weighted by Crippen LogP contribution is 2.38. The van der Waals surface area contributed by atoms with Gasteiger partial charge in [-0.05, 0) is 60.3 Å². The number of aryl methyl sites for hydroxylation is 1. The normalized spacial score (nSPS) is 18.3. The Bertz CT molecular complexity index is 699. The number of phenolic OH excluding ortho intramolecular Hbond substituents is 4. The predicted molar refractivity (Wildman–Crippen MR) is 82.6 cm³/mol. The van der Waals surface area contributed by atoms with Gasteiger partial charge in [-0.2, -0.15) is 0 Å². The van der Waals surface area contributed by atoms with Crippen LogP contribution >= 0.6 is 0 Å². The van der Waals surface area contributed by atoms with Crippen molar-refractivity contribution in [1.82, 2.24) is 5.32 Å². The lowest BCUT2D eigenvalue weighted by Crippen LogP contribution is -2.26. The van der Waals surface area contributed by atoms with E-state index in [0.29, 0.717) is 6.54 Å². The van der Waals surface area contributed by atoms with E-state index in [1.165, 1.54) is 12.1 Å². The summed E-state index contributed by atoms with van der Waals surface area (Å²) in [6, 6.07) is 7.96. The second-order valence-corrected chi connectivity index (χ2v) is 5.65. The molecule has 5 heteroatoms. The minimum atomic E-state index is -0.163. The molecule has 1 aliphatic rings. The first kappa shape index (κ1) is 14.5. The molecule has 2 aromatic rings. The topological polar surface area (TPSA) is 93.0 Å². The van der Waals surface area contributed by atoms with Gasteiger partial charge in [0.25, 0.3) is 0 Å². The van der Waals surface area contributed by atoms with Crippen molar-refractivity contribution in [1.29, 1.82) is 0 Å². The molecule has 0 saturated heterocycles. The molecule has 0 aromatic heterocycles. The van der Waals surface area contributed by atoms with Crippen LogP contribution in [0.3, 0.4) is 0 Å². The summed E-state index contributed by atoms with van der Waals surface area (Å²) in [7, 11) is 0. The maximum Gasteiger partial charge on any atom is 0.157 e. The average molecular weight is 301 g/mol. The lowest BCUT2D eigenvalue weighted by Gasteiger charge is -2.25. The van der Waals surface area contributed by atoms with Gasteiger partial charge in [0.15, 0.2) is 23.0 Å². The number of benzene rings is 2. The maximum absolute atomic E-state index is 9.84. The molecule has 1 heterocycles. The monoisotopic (exact) mass is 301 g/mol. The minimum absolute atomic E-state index is 0.0756. The molecule has 1 aliphatic heterocycles. The third-order valence-electron chi connectivity index (χ3n) is 4.16. The molecule has 5 N–H and O–H groups in total. The van der Waals surface area contributed by atoms with E-state index in [-0.39, 0.29) is 28.9 Å². The van der Waals surface area contributed by atoms with Gasteiger partial charge in [0.05, 0.1) is 0 Å². The van der Waals surface area contributed by atoms with E-state index in [4.69, 9.17) is 0 Å². The van der Waals surface area contributed by atoms with Gasteiger partial charge in [-0.3, -0.25) is 0 Å². The van der Waals surface area contributed by atoms with Gasteiger partial charge in [-0.1, -0.05) is 6.07 Å². The smallest absolute Gasteiger partial charge is 0.157 e. The summed E-state index contributed by atoms with van der Waals surface area (Å²) >= 11 is 0. The molecular weight excluding hydrogens is 282 g/mol. The molecule has 1 atom stereocenters. The van der Waals surface area contributed by atoms with Crippen molar-refractivity contribution >= 4 is 0 Å². The highest BCUT2D eigenvalue weighted by Gasteiger charge is 2.22. The van der Waals surface area contributed by atoms with Crippen molar-refractivity contribution in [3.05, 3.63) is 47.0 Å². The molecule has 0 fully saturated rings. The second kappa shape index (κ2) is 5.77. The van der Waals surface area contributed by atoms with Gasteiger partial charge in [0.1, 0.15) is 0 Å². The number of fused-ring (bicyclic) bond motifs is 1. The molecule has 0 radical (unpaired) electrons. The van der Waals surface area contributed by atoms with E-state index in [9.17, 15) is 20.4 Å². The minimum Gasteiger partial charge on any atom is -0.504 e. The molecular formula is C17H19NO4. The van der Waals surface area contributed by atoms with E-state index >= 15 is 0 Å². The van der Waals surface area contributed by atoms with Crippen molar-refractivity contribution in [3.8, 4) is 23.0 Å². The van der Waals surface area contributed by atoms with E-state index in [1.54, 1.807) is 18.2 Å².